The number of hydrogen-bond acceptors (Lipinski definition) is 5. The number of halogens is 1. The zero-order valence-corrected chi connectivity index (χ0v) is 9.94. The van der Waals surface area contributed by atoms with Crippen molar-refractivity contribution in [2.24, 2.45) is 0 Å². The number of aromatic nitrogens is 4. The number of nitrogens with one attached hydrogen (secondary N) is 1. The molecule has 0 radical (unpaired) electrons. The molecule has 0 amide bonds. The van der Waals surface area contributed by atoms with Crippen LogP contribution < -0.4 is 11.5 Å². The molecule has 0 saturated heterocycles. The number of aromatic amines is 1. The van der Waals surface area contributed by atoms with E-state index in [-0.39, 0.29) is 0 Å². The summed E-state index contributed by atoms with van der Waals surface area (Å²) in [6, 6.07) is 5.27. The zero-order valence-electron chi connectivity index (χ0n) is 9.18. The summed E-state index contributed by atoms with van der Waals surface area (Å²) in [5, 5.41) is 0.514. The average Bonchev–Trinajstić information content (AvgIpc) is 2.74. The van der Waals surface area contributed by atoms with E-state index in [2.05, 4.69) is 19.9 Å². The summed E-state index contributed by atoms with van der Waals surface area (Å²) in [6.07, 6.45) is 1.36. The molecule has 2 heterocycles. The maximum Gasteiger partial charge on any atom is 0.183 e. The highest BCUT2D eigenvalue weighted by atomic mass is 35.5. The molecule has 0 unspecified atom stereocenters. The number of imidazole rings is 1. The van der Waals surface area contributed by atoms with Crippen LogP contribution in [0.5, 0.6) is 0 Å². The van der Waals surface area contributed by atoms with Gasteiger partial charge in [-0.1, -0.05) is 17.7 Å². The fraction of sp³-hybridized carbons (Fsp3) is 0. The van der Waals surface area contributed by atoms with Crippen molar-refractivity contribution in [3.8, 4) is 11.4 Å². The Morgan fingerprint density at radius 1 is 1.17 bits per heavy atom. The molecule has 0 aliphatic carbocycles. The van der Waals surface area contributed by atoms with Crippen LogP contribution in [0.2, 0.25) is 5.02 Å². The third-order valence-electron chi connectivity index (χ3n) is 2.60. The van der Waals surface area contributed by atoms with Crippen molar-refractivity contribution in [2.75, 3.05) is 11.5 Å². The number of nitrogens with two attached hydrogens (primary N) is 2. The molecule has 0 aliphatic rings. The summed E-state index contributed by atoms with van der Waals surface area (Å²) in [5.41, 5.74) is 13.9. The van der Waals surface area contributed by atoms with Crippen molar-refractivity contribution in [1.82, 2.24) is 19.9 Å². The summed E-state index contributed by atoms with van der Waals surface area (Å²) >= 11 is 6.12. The lowest BCUT2D eigenvalue weighted by atomic mass is 10.2. The van der Waals surface area contributed by atoms with Gasteiger partial charge in [0, 0.05) is 5.69 Å². The van der Waals surface area contributed by atoms with Crippen molar-refractivity contribution in [3.05, 3.63) is 29.5 Å². The van der Waals surface area contributed by atoms with Crippen LogP contribution in [0.4, 0.5) is 11.5 Å². The Morgan fingerprint density at radius 3 is 2.72 bits per heavy atom. The molecule has 18 heavy (non-hydrogen) atoms. The Kier molecular flexibility index (Phi) is 2.31. The van der Waals surface area contributed by atoms with Gasteiger partial charge < -0.3 is 16.5 Å². The van der Waals surface area contributed by atoms with Crippen molar-refractivity contribution in [2.45, 2.75) is 0 Å². The molecule has 5 N–H and O–H groups in total. The first-order valence-corrected chi connectivity index (χ1v) is 5.55. The van der Waals surface area contributed by atoms with E-state index in [0.29, 0.717) is 39.1 Å². The Hall–Kier alpha value is -2.34. The van der Waals surface area contributed by atoms with Crippen molar-refractivity contribution in [1.29, 1.82) is 0 Å². The van der Waals surface area contributed by atoms with Crippen LogP contribution in [-0.2, 0) is 0 Å². The maximum atomic E-state index is 6.12. The third-order valence-corrected chi connectivity index (χ3v) is 2.92. The van der Waals surface area contributed by atoms with Gasteiger partial charge in [0.25, 0.3) is 0 Å². The Morgan fingerprint density at radius 2 is 2.00 bits per heavy atom. The lowest BCUT2D eigenvalue weighted by Gasteiger charge is -2.03. The standard InChI is InChI=1S/C11H9ClN6/c12-5-2-1-3-6(13)7(5)10-17-8-9(14)15-4-16-11(8)18-10/h1-4H,13H2,(H3,14,15,16,17,18). The quantitative estimate of drug-likeness (QED) is 0.579. The lowest BCUT2D eigenvalue weighted by molar-refractivity contribution is 1.21. The van der Waals surface area contributed by atoms with Crippen LogP contribution in [0.25, 0.3) is 22.6 Å². The van der Waals surface area contributed by atoms with Gasteiger partial charge in [0.2, 0.25) is 0 Å². The predicted octanol–water partition coefficient (Wildman–Crippen LogP) is 1.84. The normalized spacial score (nSPS) is 10.9. The Balaban J connectivity index is 2.30. The number of rotatable bonds is 1. The first kappa shape index (κ1) is 10.8. The van der Waals surface area contributed by atoms with Gasteiger partial charge in [-0.3, -0.25) is 0 Å². The molecular weight excluding hydrogens is 252 g/mol. The van der Waals surface area contributed by atoms with Gasteiger partial charge in [-0.05, 0) is 12.1 Å². The summed E-state index contributed by atoms with van der Waals surface area (Å²) in [7, 11) is 0. The van der Waals surface area contributed by atoms with Crippen LogP contribution >= 0.6 is 11.6 Å². The molecule has 1 aromatic carbocycles. The van der Waals surface area contributed by atoms with E-state index in [1.54, 1.807) is 18.2 Å². The largest absolute Gasteiger partial charge is 0.398 e. The summed E-state index contributed by atoms with van der Waals surface area (Å²) in [5.74, 6) is 0.865. The fourth-order valence-electron chi connectivity index (χ4n) is 1.76. The van der Waals surface area contributed by atoms with Crippen LogP contribution in [-0.4, -0.2) is 19.9 Å². The van der Waals surface area contributed by atoms with E-state index in [1.807, 2.05) is 0 Å². The molecule has 0 saturated carbocycles. The molecule has 6 nitrogen and oxygen atoms in total. The van der Waals surface area contributed by atoms with Crippen LogP contribution in [0.1, 0.15) is 0 Å². The van der Waals surface area contributed by atoms with Crippen molar-refractivity contribution < 1.29 is 0 Å². The first-order chi connectivity index (χ1) is 8.66. The van der Waals surface area contributed by atoms with Gasteiger partial charge in [-0.15, -0.1) is 0 Å². The number of H-pyrrole nitrogens is 1. The first-order valence-electron chi connectivity index (χ1n) is 5.17. The molecule has 0 aliphatic heterocycles. The van der Waals surface area contributed by atoms with E-state index in [0.717, 1.165) is 0 Å². The third kappa shape index (κ3) is 1.54. The SMILES string of the molecule is Nc1cccc(Cl)c1-c1nc2ncnc(N)c2[nH]1. The van der Waals surface area contributed by atoms with E-state index in [4.69, 9.17) is 23.1 Å². The average molecular weight is 261 g/mol. The topological polar surface area (TPSA) is 106 Å². The summed E-state index contributed by atoms with van der Waals surface area (Å²) in [6.45, 7) is 0. The Labute approximate surface area is 107 Å². The zero-order chi connectivity index (χ0) is 12.7. The highest BCUT2D eigenvalue weighted by molar-refractivity contribution is 6.33. The number of benzene rings is 1. The van der Waals surface area contributed by atoms with E-state index >= 15 is 0 Å². The van der Waals surface area contributed by atoms with Gasteiger partial charge in [-0.2, -0.15) is 0 Å². The lowest BCUT2D eigenvalue weighted by Crippen LogP contribution is -1.92. The number of nitrogens with zero attached hydrogens (tertiary/aromatic N) is 3. The van der Waals surface area contributed by atoms with Crippen molar-refractivity contribution in [3.63, 3.8) is 0 Å². The summed E-state index contributed by atoms with van der Waals surface area (Å²) in [4.78, 5) is 15.3. The van der Waals surface area contributed by atoms with Gasteiger partial charge in [-0.25, -0.2) is 15.0 Å². The minimum Gasteiger partial charge on any atom is -0.398 e. The molecule has 0 atom stereocenters. The molecule has 0 spiro atoms. The van der Waals surface area contributed by atoms with Gasteiger partial charge in [0.1, 0.15) is 17.7 Å². The van der Waals surface area contributed by atoms with Crippen LogP contribution in [0.3, 0.4) is 0 Å². The second-order valence-corrected chi connectivity index (χ2v) is 4.15. The summed E-state index contributed by atoms with van der Waals surface area (Å²) < 4.78 is 0. The van der Waals surface area contributed by atoms with Gasteiger partial charge in [0.05, 0.1) is 10.6 Å². The minimum absolute atomic E-state index is 0.337. The molecule has 2 aromatic heterocycles. The van der Waals surface area contributed by atoms with E-state index in [1.165, 1.54) is 6.33 Å². The fourth-order valence-corrected chi connectivity index (χ4v) is 2.03. The maximum absolute atomic E-state index is 6.12. The molecule has 3 rings (SSSR count). The Bertz CT molecular complexity index is 715. The van der Waals surface area contributed by atoms with Crippen LogP contribution in [0.15, 0.2) is 24.5 Å². The number of anilines is 2. The predicted molar refractivity (Wildman–Crippen MR) is 71.0 cm³/mol. The second kappa shape index (κ2) is 3.85. The molecular formula is C11H9ClN6. The molecule has 7 heteroatoms. The van der Waals surface area contributed by atoms with Gasteiger partial charge in [0.15, 0.2) is 11.5 Å². The van der Waals surface area contributed by atoms with E-state index in [9.17, 15) is 0 Å². The number of fused-ring (bicyclic) bond motifs is 1. The van der Waals surface area contributed by atoms with E-state index < -0.39 is 0 Å². The molecule has 0 fully saturated rings. The number of nitrogen functional groups attached to an aromatic ring is 2. The second-order valence-electron chi connectivity index (χ2n) is 3.75. The van der Waals surface area contributed by atoms with Crippen molar-refractivity contribution >= 4 is 34.3 Å². The highest BCUT2D eigenvalue weighted by Crippen LogP contribution is 2.32. The number of hydrogen-bond donors (Lipinski definition) is 3. The minimum atomic E-state index is 0.337. The van der Waals surface area contributed by atoms with Crippen LogP contribution in [0, 0.1) is 0 Å². The molecule has 3 aromatic rings. The smallest absolute Gasteiger partial charge is 0.183 e. The molecule has 0 bridgehead atoms. The monoisotopic (exact) mass is 260 g/mol. The molecule has 90 valence electrons. The highest BCUT2D eigenvalue weighted by Gasteiger charge is 2.14. The van der Waals surface area contributed by atoms with Gasteiger partial charge >= 0.3 is 0 Å².